The molecule has 2 rings (SSSR count). The van der Waals surface area contributed by atoms with Gasteiger partial charge in [0.2, 0.25) is 5.91 Å². The number of ether oxygens (including phenoxy) is 1. The molecule has 3 heteroatoms. The summed E-state index contributed by atoms with van der Waals surface area (Å²) < 4.78 is 5.37. The van der Waals surface area contributed by atoms with E-state index in [0.717, 1.165) is 5.56 Å². The molecular formula is C15H21NO2. The van der Waals surface area contributed by atoms with E-state index in [1.807, 2.05) is 12.1 Å². The number of benzene rings is 1. The maximum atomic E-state index is 11.9. The summed E-state index contributed by atoms with van der Waals surface area (Å²) in [7, 11) is 0. The zero-order chi connectivity index (χ0) is 13.2. The molecule has 98 valence electrons. The second-order valence-corrected chi connectivity index (χ2v) is 5.34. The van der Waals surface area contributed by atoms with Crippen LogP contribution in [0.15, 0.2) is 24.3 Å². The minimum Gasteiger partial charge on any atom is -0.381 e. The van der Waals surface area contributed by atoms with Gasteiger partial charge in [0.1, 0.15) is 0 Å². The van der Waals surface area contributed by atoms with Crippen molar-refractivity contribution in [1.82, 2.24) is 0 Å². The van der Waals surface area contributed by atoms with Crippen molar-refractivity contribution in [3.63, 3.8) is 0 Å². The Hall–Kier alpha value is -1.35. The molecule has 0 atom stereocenters. The number of nitrogens with two attached hydrogens (primary N) is 1. The molecule has 2 N–H and O–H groups in total. The van der Waals surface area contributed by atoms with Gasteiger partial charge in [0.05, 0.1) is 5.41 Å². The van der Waals surface area contributed by atoms with Crippen LogP contribution in [0.2, 0.25) is 0 Å². The summed E-state index contributed by atoms with van der Waals surface area (Å²) in [5.41, 5.74) is 7.42. The summed E-state index contributed by atoms with van der Waals surface area (Å²) in [6, 6.07) is 8.26. The molecule has 0 aromatic heterocycles. The van der Waals surface area contributed by atoms with E-state index in [1.54, 1.807) is 0 Å². The molecule has 1 amide bonds. The average Bonchev–Trinajstić information content (AvgIpc) is 2.39. The van der Waals surface area contributed by atoms with E-state index in [4.69, 9.17) is 10.5 Å². The molecular weight excluding hydrogens is 226 g/mol. The van der Waals surface area contributed by atoms with Gasteiger partial charge < -0.3 is 10.5 Å². The lowest BCUT2D eigenvalue weighted by Gasteiger charge is -2.35. The maximum absolute atomic E-state index is 11.9. The summed E-state index contributed by atoms with van der Waals surface area (Å²) in [6.07, 6.45) is 1.37. The molecule has 3 nitrogen and oxygen atoms in total. The molecule has 1 aliphatic rings. The second kappa shape index (κ2) is 5.11. The van der Waals surface area contributed by atoms with Gasteiger partial charge in [-0.05, 0) is 29.9 Å². The number of rotatable bonds is 3. The van der Waals surface area contributed by atoms with Crippen molar-refractivity contribution in [3.8, 4) is 0 Å². The first kappa shape index (κ1) is 13.1. The maximum Gasteiger partial charge on any atom is 0.228 e. The van der Waals surface area contributed by atoms with Crippen LogP contribution in [0, 0.1) is 0 Å². The van der Waals surface area contributed by atoms with Crippen LogP contribution in [0.25, 0.3) is 0 Å². The third-order valence-corrected chi connectivity index (χ3v) is 3.92. The Kier molecular flexibility index (Phi) is 3.71. The fourth-order valence-corrected chi connectivity index (χ4v) is 2.59. The Labute approximate surface area is 108 Å². The number of carbonyl (C=O) groups is 1. The average molecular weight is 247 g/mol. The van der Waals surface area contributed by atoms with Crippen LogP contribution in [0.5, 0.6) is 0 Å². The summed E-state index contributed by atoms with van der Waals surface area (Å²) in [5, 5.41) is 0. The van der Waals surface area contributed by atoms with Crippen LogP contribution in [-0.2, 0) is 14.9 Å². The minimum atomic E-state index is -0.539. The first-order valence-electron chi connectivity index (χ1n) is 6.54. The Morgan fingerprint density at radius 1 is 1.33 bits per heavy atom. The minimum absolute atomic E-state index is 0.230. The SMILES string of the molecule is CC(C)c1cccc(C2(C(N)=O)CCOCC2)c1. The lowest BCUT2D eigenvalue weighted by Crippen LogP contribution is -2.45. The van der Waals surface area contributed by atoms with E-state index in [0.29, 0.717) is 32.0 Å². The Morgan fingerprint density at radius 3 is 2.56 bits per heavy atom. The number of amides is 1. The van der Waals surface area contributed by atoms with E-state index in [2.05, 4.69) is 26.0 Å². The van der Waals surface area contributed by atoms with Crippen LogP contribution in [-0.4, -0.2) is 19.1 Å². The van der Waals surface area contributed by atoms with E-state index in [1.165, 1.54) is 5.56 Å². The van der Waals surface area contributed by atoms with E-state index in [-0.39, 0.29) is 5.91 Å². The highest BCUT2D eigenvalue weighted by molar-refractivity contribution is 5.87. The van der Waals surface area contributed by atoms with Crippen LogP contribution in [0.1, 0.15) is 43.7 Å². The van der Waals surface area contributed by atoms with E-state index >= 15 is 0 Å². The molecule has 0 bridgehead atoms. The zero-order valence-electron chi connectivity index (χ0n) is 11.1. The Bertz CT molecular complexity index is 434. The quantitative estimate of drug-likeness (QED) is 0.891. The Morgan fingerprint density at radius 2 is 2.00 bits per heavy atom. The second-order valence-electron chi connectivity index (χ2n) is 5.34. The van der Waals surface area contributed by atoms with Crippen LogP contribution in [0.4, 0.5) is 0 Å². The largest absolute Gasteiger partial charge is 0.381 e. The molecule has 1 heterocycles. The standard InChI is InChI=1S/C15H21NO2/c1-11(2)12-4-3-5-13(10-12)15(14(16)17)6-8-18-9-7-15/h3-5,10-11H,6-9H2,1-2H3,(H2,16,17). The van der Waals surface area contributed by atoms with Crippen molar-refractivity contribution in [3.05, 3.63) is 35.4 Å². The van der Waals surface area contributed by atoms with E-state index in [9.17, 15) is 4.79 Å². The molecule has 0 saturated carbocycles. The predicted octanol–water partition coefficient (Wildman–Crippen LogP) is 2.34. The highest BCUT2D eigenvalue weighted by Gasteiger charge is 2.40. The van der Waals surface area contributed by atoms with Crippen molar-refractivity contribution in [2.24, 2.45) is 5.73 Å². The molecule has 1 aromatic rings. The van der Waals surface area contributed by atoms with Crippen LogP contribution in [0.3, 0.4) is 0 Å². The smallest absolute Gasteiger partial charge is 0.228 e. The van der Waals surface area contributed by atoms with Crippen LogP contribution < -0.4 is 5.73 Å². The van der Waals surface area contributed by atoms with E-state index < -0.39 is 5.41 Å². The van der Waals surface area contributed by atoms with Gasteiger partial charge in [-0.3, -0.25) is 4.79 Å². The van der Waals surface area contributed by atoms with Crippen molar-refractivity contribution in [1.29, 1.82) is 0 Å². The topological polar surface area (TPSA) is 52.3 Å². The van der Waals surface area contributed by atoms with Crippen molar-refractivity contribution >= 4 is 5.91 Å². The van der Waals surface area contributed by atoms with Crippen LogP contribution >= 0.6 is 0 Å². The van der Waals surface area contributed by atoms with Gasteiger partial charge >= 0.3 is 0 Å². The molecule has 0 aliphatic carbocycles. The van der Waals surface area contributed by atoms with Crippen molar-refractivity contribution in [2.75, 3.05) is 13.2 Å². The predicted molar refractivity (Wildman–Crippen MR) is 71.5 cm³/mol. The van der Waals surface area contributed by atoms with Crippen molar-refractivity contribution < 1.29 is 9.53 Å². The third-order valence-electron chi connectivity index (χ3n) is 3.92. The molecule has 1 aromatic carbocycles. The highest BCUT2D eigenvalue weighted by Crippen LogP contribution is 2.35. The first-order chi connectivity index (χ1) is 8.56. The summed E-state index contributed by atoms with van der Waals surface area (Å²) >= 11 is 0. The highest BCUT2D eigenvalue weighted by atomic mass is 16.5. The van der Waals surface area contributed by atoms with Gasteiger partial charge in [-0.2, -0.15) is 0 Å². The summed E-state index contributed by atoms with van der Waals surface area (Å²) in [5.74, 6) is 0.224. The van der Waals surface area contributed by atoms with Gasteiger partial charge in [0, 0.05) is 13.2 Å². The number of carbonyl (C=O) groups excluding carboxylic acids is 1. The third kappa shape index (κ3) is 2.27. The van der Waals surface area contributed by atoms with Gasteiger partial charge in [0.25, 0.3) is 0 Å². The lowest BCUT2D eigenvalue weighted by atomic mass is 9.73. The normalized spacial score (nSPS) is 18.8. The molecule has 0 spiro atoms. The number of hydrogen-bond acceptors (Lipinski definition) is 2. The Balaban J connectivity index is 2.42. The lowest BCUT2D eigenvalue weighted by molar-refractivity contribution is -0.127. The molecule has 0 unspecified atom stereocenters. The fourth-order valence-electron chi connectivity index (χ4n) is 2.59. The fraction of sp³-hybridized carbons (Fsp3) is 0.533. The summed E-state index contributed by atoms with van der Waals surface area (Å²) in [4.78, 5) is 11.9. The van der Waals surface area contributed by atoms with Gasteiger partial charge in [0.15, 0.2) is 0 Å². The van der Waals surface area contributed by atoms with Gasteiger partial charge in [-0.15, -0.1) is 0 Å². The van der Waals surface area contributed by atoms with Gasteiger partial charge in [-0.1, -0.05) is 38.1 Å². The molecule has 1 fully saturated rings. The summed E-state index contributed by atoms with van der Waals surface area (Å²) in [6.45, 7) is 5.52. The van der Waals surface area contributed by atoms with Gasteiger partial charge in [-0.25, -0.2) is 0 Å². The first-order valence-corrected chi connectivity index (χ1v) is 6.54. The van der Waals surface area contributed by atoms with Crippen molar-refractivity contribution in [2.45, 2.75) is 38.0 Å². The molecule has 1 aliphatic heterocycles. The molecule has 1 saturated heterocycles. The zero-order valence-corrected chi connectivity index (χ0v) is 11.1. The molecule has 0 radical (unpaired) electrons. The molecule has 18 heavy (non-hydrogen) atoms. The number of primary amides is 1. The number of hydrogen-bond donors (Lipinski definition) is 1. The monoisotopic (exact) mass is 247 g/mol.